The predicted octanol–water partition coefficient (Wildman–Crippen LogP) is 2.29. The lowest BCUT2D eigenvalue weighted by atomic mass is 9.85. The smallest absolute Gasteiger partial charge is 0.0579 e. The molecule has 106 valence electrons. The minimum absolute atomic E-state index is 0.0736. The number of aryl methyl sites for hydroxylation is 1. The van der Waals surface area contributed by atoms with Crippen molar-refractivity contribution in [1.82, 2.24) is 5.32 Å². The minimum Gasteiger partial charge on any atom is -0.396 e. The van der Waals surface area contributed by atoms with Crippen molar-refractivity contribution < 1.29 is 9.84 Å². The highest BCUT2D eigenvalue weighted by molar-refractivity contribution is 5.29. The molecule has 3 nitrogen and oxygen atoms in total. The molecule has 1 aromatic carbocycles. The van der Waals surface area contributed by atoms with Crippen molar-refractivity contribution in [2.75, 3.05) is 26.4 Å². The lowest BCUT2D eigenvalue weighted by Gasteiger charge is -2.41. The van der Waals surface area contributed by atoms with Gasteiger partial charge in [0.25, 0.3) is 0 Å². The van der Waals surface area contributed by atoms with Crippen LogP contribution >= 0.6 is 0 Å². The van der Waals surface area contributed by atoms with E-state index < -0.39 is 0 Å². The maximum atomic E-state index is 9.49. The van der Waals surface area contributed by atoms with E-state index in [1.807, 2.05) is 0 Å². The molecule has 1 aromatic rings. The lowest BCUT2D eigenvalue weighted by Crippen LogP contribution is -2.53. The monoisotopic (exact) mass is 263 g/mol. The van der Waals surface area contributed by atoms with Gasteiger partial charge in [0, 0.05) is 12.6 Å². The topological polar surface area (TPSA) is 41.5 Å². The summed E-state index contributed by atoms with van der Waals surface area (Å²) < 4.78 is 5.25. The van der Waals surface area contributed by atoms with Crippen molar-refractivity contribution in [3.8, 4) is 0 Å². The molecule has 0 aliphatic carbocycles. The van der Waals surface area contributed by atoms with E-state index in [0.29, 0.717) is 25.2 Å². The molecule has 2 N–H and O–H groups in total. The van der Waals surface area contributed by atoms with Crippen LogP contribution in [-0.2, 0) is 4.74 Å². The molecule has 0 amide bonds. The quantitative estimate of drug-likeness (QED) is 0.827. The molecule has 1 saturated heterocycles. The van der Waals surface area contributed by atoms with Gasteiger partial charge < -0.3 is 15.2 Å². The SMILES string of the molecule is Cc1ccccc1C(NCC1(CO)COC1)C(C)C. The Hall–Kier alpha value is -0.900. The zero-order valence-electron chi connectivity index (χ0n) is 12.1. The van der Waals surface area contributed by atoms with Crippen LogP contribution in [0, 0.1) is 18.3 Å². The van der Waals surface area contributed by atoms with E-state index in [0.717, 1.165) is 6.54 Å². The third kappa shape index (κ3) is 3.16. The number of hydrogen-bond acceptors (Lipinski definition) is 3. The van der Waals surface area contributed by atoms with Crippen molar-refractivity contribution >= 4 is 0 Å². The van der Waals surface area contributed by atoms with E-state index in [2.05, 4.69) is 50.4 Å². The predicted molar refractivity (Wildman–Crippen MR) is 77.1 cm³/mol. The molecule has 1 heterocycles. The first kappa shape index (κ1) is 14.5. The molecule has 1 atom stereocenters. The normalized spacial score (nSPS) is 19.2. The minimum atomic E-state index is -0.0736. The number of nitrogens with one attached hydrogen (secondary N) is 1. The van der Waals surface area contributed by atoms with Crippen molar-refractivity contribution in [3.05, 3.63) is 35.4 Å². The first-order chi connectivity index (χ1) is 9.08. The fourth-order valence-electron chi connectivity index (χ4n) is 2.61. The van der Waals surface area contributed by atoms with Crippen LogP contribution in [0.1, 0.15) is 31.0 Å². The van der Waals surface area contributed by atoms with Gasteiger partial charge in [-0.15, -0.1) is 0 Å². The molecular weight excluding hydrogens is 238 g/mol. The Bertz CT molecular complexity index is 407. The van der Waals surface area contributed by atoms with Crippen LogP contribution in [0.25, 0.3) is 0 Å². The fourth-order valence-corrected chi connectivity index (χ4v) is 2.61. The lowest BCUT2D eigenvalue weighted by molar-refractivity contribution is -0.135. The number of ether oxygens (including phenoxy) is 1. The average molecular weight is 263 g/mol. The second-order valence-corrected chi connectivity index (χ2v) is 6.11. The summed E-state index contributed by atoms with van der Waals surface area (Å²) in [7, 11) is 0. The third-order valence-electron chi connectivity index (χ3n) is 4.04. The molecular formula is C16H25NO2. The van der Waals surface area contributed by atoms with Crippen LogP contribution in [0.3, 0.4) is 0 Å². The Morgan fingerprint density at radius 3 is 2.47 bits per heavy atom. The molecule has 0 spiro atoms. The summed E-state index contributed by atoms with van der Waals surface area (Å²) in [5.74, 6) is 0.512. The fraction of sp³-hybridized carbons (Fsp3) is 0.625. The van der Waals surface area contributed by atoms with Gasteiger partial charge in [-0.2, -0.15) is 0 Å². The van der Waals surface area contributed by atoms with Crippen LogP contribution in [0.2, 0.25) is 0 Å². The van der Waals surface area contributed by atoms with Gasteiger partial charge in [-0.1, -0.05) is 38.1 Å². The second-order valence-electron chi connectivity index (χ2n) is 6.11. The summed E-state index contributed by atoms with van der Waals surface area (Å²) in [6.45, 7) is 8.93. The highest BCUT2D eigenvalue weighted by Crippen LogP contribution is 2.29. The van der Waals surface area contributed by atoms with E-state index >= 15 is 0 Å². The van der Waals surface area contributed by atoms with Crippen LogP contribution in [-0.4, -0.2) is 31.5 Å². The van der Waals surface area contributed by atoms with E-state index in [-0.39, 0.29) is 12.0 Å². The highest BCUT2D eigenvalue weighted by Gasteiger charge is 2.38. The molecule has 2 rings (SSSR count). The maximum absolute atomic E-state index is 9.49. The first-order valence-corrected chi connectivity index (χ1v) is 7.05. The van der Waals surface area contributed by atoms with E-state index in [4.69, 9.17) is 4.74 Å². The van der Waals surface area contributed by atoms with Gasteiger partial charge in [-0.25, -0.2) is 0 Å². The molecule has 1 fully saturated rings. The zero-order chi connectivity index (χ0) is 13.9. The van der Waals surface area contributed by atoms with Gasteiger partial charge in [-0.3, -0.25) is 0 Å². The largest absolute Gasteiger partial charge is 0.396 e. The van der Waals surface area contributed by atoms with Gasteiger partial charge in [0.05, 0.1) is 25.2 Å². The molecule has 1 aliphatic heterocycles. The first-order valence-electron chi connectivity index (χ1n) is 7.05. The van der Waals surface area contributed by atoms with Gasteiger partial charge in [0.15, 0.2) is 0 Å². The van der Waals surface area contributed by atoms with Gasteiger partial charge >= 0.3 is 0 Å². The molecule has 1 aliphatic rings. The van der Waals surface area contributed by atoms with Gasteiger partial charge in [0.2, 0.25) is 0 Å². The molecule has 0 bridgehead atoms. The number of aliphatic hydroxyl groups is 1. The summed E-state index contributed by atoms with van der Waals surface area (Å²) in [6.07, 6.45) is 0. The summed E-state index contributed by atoms with van der Waals surface area (Å²) in [5.41, 5.74) is 2.60. The van der Waals surface area contributed by atoms with E-state index in [1.54, 1.807) is 0 Å². The number of benzene rings is 1. The molecule has 1 unspecified atom stereocenters. The van der Waals surface area contributed by atoms with Crippen molar-refractivity contribution in [2.24, 2.45) is 11.3 Å². The number of rotatable bonds is 6. The van der Waals surface area contributed by atoms with E-state index in [9.17, 15) is 5.11 Å². The maximum Gasteiger partial charge on any atom is 0.0579 e. The standard InChI is InChI=1S/C16H25NO2/c1-12(2)15(14-7-5-4-6-13(14)3)17-8-16(9-18)10-19-11-16/h4-7,12,15,17-18H,8-11H2,1-3H3. The molecule has 0 saturated carbocycles. The van der Waals surface area contributed by atoms with Gasteiger partial charge in [-0.05, 0) is 24.0 Å². The zero-order valence-corrected chi connectivity index (χ0v) is 12.1. The molecule has 19 heavy (non-hydrogen) atoms. The highest BCUT2D eigenvalue weighted by atomic mass is 16.5. The summed E-state index contributed by atoms with van der Waals surface area (Å²) in [4.78, 5) is 0. The Balaban J connectivity index is 2.07. The Morgan fingerprint density at radius 1 is 1.32 bits per heavy atom. The van der Waals surface area contributed by atoms with Crippen LogP contribution in [0.4, 0.5) is 0 Å². The Labute approximate surface area is 116 Å². The van der Waals surface area contributed by atoms with Crippen LogP contribution in [0.5, 0.6) is 0 Å². The van der Waals surface area contributed by atoms with Crippen molar-refractivity contribution in [1.29, 1.82) is 0 Å². The van der Waals surface area contributed by atoms with Gasteiger partial charge in [0.1, 0.15) is 0 Å². The Morgan fingerprint density at radius 2 is 2.00 bits per heavy atom. The molecule has 0 aromatic heterocycles. The number of hydrogen-bond donors (Lipinski definition) is 2. The van der Waals surface area contributed by atoms with Crippen molar-refractivity contribution in [2.45, 2.75) is 26.8 Å². The summed E-state index contributed by atoms with van der Waals surface area (Å²) in [6, 6.07) is 8.83. The summed E-state index contributed by atoms with van der Waals surface area (Å²) >= 11 is 0. The van der Waals surface area contributed by atoms with Crippen LogP contribution < -0.4 is 5.32 Å². The molecule has 0 radical (unpaired) electrons. The van der Waals surface area contributed by atoms with Crippen molar-refractivity contribution in [3.63, 3.8) is 0 Å². The van der Waals surface area contributed by atoms with E-state index in [1.165, 1.54) is 11.1 Å². The third-order valence-corrected chi connectivity index (χ3v) is 4.04. The van der Waals surface area contributed by atoms with Crippen LogP contribution in [0.15, 0.2) is 24.3 Å². The Kier molecular flexibility index (Phi) is 4.61. The average Bonchev–Trinajstić information content (AvgIpc) is 2.34. The summed E-state index contributed by atoms with van der Waals surface area (Å²) in [5, 5.41) is 13.1. The second kappa shape index (κ2) is 6.04. The molecule has 3 heteroatoms. The number of aliphatic hydroxyl groups excluding tert-OH is 1.